The van der Waals surface area contributed by atoms with Crippen molar-refractivity contribution in [3.63, 3.8) is 0 Å². The summed E-state index contributed by atoms with van der Waals surface area (Å²) in [5.74, 6) is 1.71. The zero-order valence-corrected chi connectivity index (χ0v) is 29.1. The van der Waals surface area contributed by atoms with E-state index in [2.05, 4.69) is 50.4 Å². The number of aryl methyl sites for hydroxylation is 1. The summed E-state index contributed by atoms with van der Waals surface area (Å²) in [6.45, 7) is 10.6. The van der Waals surface area contributed by atoms with Crippen molar-refractivity contribution in [1.82, 2.24) is 28.9 Å². The Balaban J connectivity index is 1.08. The Morgan fingerprint density at radius 3 is 2.64 bits per heavy atom. The lowest BCUT2D eigenvalue weighted by Gasteiger charge is -2.44. The van der Waals surface area contributed by atoms with E-state index >= 15 is 0 Å². The summed E-state index contributed by atoms with van der Waals surface area (Å²) in [5, 5.41) is 6.45. The minimum atomic E-state index is -1.16. The summed E-state index contributed by atoms with van der Waals surface area (Å²) in [6.07, 6.45) is 11.8. The number of hydrogen-bond donors (Lipinski definition) is 1. The highest BCUT2D eigenvalue weighted by Crippen LogP contribution is 2.53. The second kappa shape index (κ2) is 11.8. The lowest BCUT2D eigenvalue weighted by molar-refractivity contribution is -0.0368. The number of anilines is 1. The number of hydrogen-bond acceptors (Lipinski definition) is 7. The van der Waals surface area contributed by atoms with Crippen molar-refractivity contribution in [1.29, 1.82) is 0 Å². The Morgan fingerprint density at radius 1 is 1.06 bits per heavy atom. The second-order valence-corrected chi connectivity index (χ2v) is 16.8. The van der Waals surface area contributed by atoms with Gasteiger partial charge in [-0.05, 0) is 89.5 Å². The van der Waals surface area contributed by atoms with Gasteiger partial charge in [0.05, 0.1) is 28.5 Å². The van der Waals surface area contributed by atoms with Gasteiger partial charge in [0.2, 0.25) is 0 Å². The predicted octanol–water partition coefficient (Wildman–Crippen LogP) is 7.34. The van der Waals surface area contributed by atoms with Crippen LogP contribution in [0.5, 0.6) is 0 Å². The molecule has 2 aromatic carbocycles. The SMILES string of the molecule is Cc1nn(C2CCCCO2)c2ccc(-c3ncc4c(N5CCC6(CC5)Cc5ccccc5[C@H]6N[S@+]([O-])C(C)(C)C)nccn34)c(Cl)c12. The quantitative estimate of drug-likeness (QED) is 0.195. The van der Waals surface area contributed by atoms with Crippen LogP contribution >= 0.6 is 11.6 Å². The fraction of sp³-hybridized carbons (Fsp3) is 0.472. The molecule has 0 bridgehead atoms. The summed E-state index contributed by atoms with van der Waals surface area (Å²) in [5.41, 5.74) is 6.36. The van der Waals surface area contributed by atoms with Crippen LogP contribution in [0, 0.1) is 12.3 Å². The summed E-state index contributed by atoms with van der Waals surface area (Å²) >= 11 is 6.00. The van der Waals surface area contributed by atoms with Crippen LogP contribution in [0.25, 0.3) is 27.8 Å². The predicted molar refractivity (Wildman–Crippen MR) is 188 cm³/mol. The molecule has 1 spiro atoms. The van der Waals surface area contributed by atoms with Gasteiger partial charge in [-0.2, -0.15) is 5.10 Å². The molecule has 0 amide bonds. The maximum atomic E-state index is 13.3. The van der Waals surface area contributed by atoms with Crippen LogP contribution in [-0.2, 0) is 22.5 Å². The molecule has 2 fully saturated rings. The summed E-state index contributed by atoms with van der Waals surface area (Å²) in [6, 6.07) is 12.9. The largest absolute Gasteiger partial charge is 0.598 e. The van der Waals surface area contributed by atoms with Crippen LogP contribution in [0.4, 0.5) is 5.82 Å². The van der Waals surface area contributed by atoms with Gasteiger partial charge in [0, 0.05) is 59.8 Å². The highest BCUT2D eigenvalue weighted by atomic mass is 35.5. The zero-order chi connectivity index (χ0) is 32.5. The third kappa shape index (κ3) is 5.24. The van der Waals surface area contributed by atoms with E-state index in [1.807, 2.05) is 51.0 Å². The van der Waals surface area contributed by atoms with Crippen LogP contribution in [0.1, 0.15) is 82.0 Å². The third-order valence-corrected chi connectivity index (χ3v) is 12.4. The standard InChI is InChI=1S/C36H42ClN7O2S/c1-23-30-27(44(40-23)29-11-7-8-20-46-29)13-12-26(31(30)37)33-39-22-28-34(38-16-19-43(28)33)42-17-14-36(15-18-42)21-24-9-5-6-10-25(24)32(36)41-47(45)35(2,3)4/h5-6,9-10,12-13,16,19,22,29,32,41H,7-8,11,14-15,17-18,20-21H2,1-4H3/t29?,32-,47-/m1/s1. The minimum absolute atomic E-state index is 0.00543. The van der Waals surface area contributed by atoms with Gasteiger partial charge in [0.15, 0.2) is 12.0 Å². The van der Waals surface area contributed by atoms with Crippen LogP contribution in [0.3, 0.4) is 0 Å². The van der Waals surface area contributed by atoms with E-state index in [9.17, 15) is 4.55 Å². The molecule has 5 aromatic rings. The minimum Gasteiger partial charge on any atom is -0.598 e. The maximum Gasteiger partial charge on any atom is 0.154 e. The molecular weight excluding hydrogens is 630 g/mol. The molecule has 3 atom stereocenters. The van der Waals surface area contributed by atoms with Crippen molar-refractivity contribution in [2.45, 2.75) is 83.2 Å². The van der Waals surface area contributed by atoms with Crippen LogP contribution in [-0.4, -0.2) is 53.1 Å². The molecule has 9 nitrogen and oxygen atoms in total. The number of halogens is 1. The number of nitrogens with zero attached hydrogens (tertiary/aromatic N) is 6. The summed E-state index contributed by atoms with van der Waals surface area (Å²) in [4.78, 5) is 12.2. The molecule has 3 aliphatic rings. The average Bonchev–Trinajstić information content (AvgIpc) is 3.74. The molecule has 47 heavy (non-hydrogen) atoms. The van der Waals surface area contributed by atoms with Crippen molar-refractivity contribution in [3.8, 4) is 11.4 Å². The van der Waals surface area contributed by atoms with Gasteiger partial charge in [-0.3, -0.25) is 4.40 Å². The number of imidazole rings is 1. The lowest BCUT2D eigenvalue weighted by atomic mass is 9.73. The van der Waals surface area contributed by atoms with E-state index < -0.39 is 11.4 Å². The number of ether oxygens (including phenoxy) is 1. The molecule has 1 aliphatic carbocycles. The first-order valence-corrected chi connectivity index (χ1v) is 18.3. The summed E-state index contributed by atoms with van der Waals surface area (Å²) < 4.78 is 26.7. The van der Waals surface area contributed by atoms with E-state index in [4.69, 9.17) is 31.4 Å². The number of piperidine rings is 1. The zero-order valence-electron chi connectivity index (χ0n) is 27.5. The van der Waals surface area contributed by atoms with E-state index in [1.54, 1.807) is 0 Å². The molecule has 8 rings (SSSR count). The smallest absolute Gasteiger partial charge is 0.154 e. The van der Waals surface area contributed by atoms with Crippen molar-refractivity contribution < 1.29 is 9.29 Å². The van der Waals surface area contributed by atoms with Gasteiger partial charge in [-0.15, -0.1) is 4.72 Å². The molecule has 2 saturated heterocycles. The van der Waals surface area contributed by atoms with E-state index in [0.29, 0.717) is 5.02 Å². The van der Waals surface area contributed by atoms with Gasteiger partial charge < -0.3 is 14.2 Å². The molecule has 1 N–H and O–H groups in total. The van der Waals surface area contributed by atoms with Gasteiger partial charge in [-0.1, -0.05) is 35.9 Å². The van der Waals surface area contributed by atoms with Crippen molar-refractivity contribution in [2.24, 2.45) is 5.41 Å². The molecule has 246 valence electrons. The first kappa shape index (κ1) is 31.1. The fourth-order valence-electron chi connectivity index (χ4n) is 7.92. The second-order valence-electron chi connectivity index (χ2n) is 14.4. The van der Waals surface area contributed by atoms with Crippen LogP contribution in [0.15, 0.2) is 55.0 Å². The lowest BCUT2D eigenvalue weighted by Crippen LogP contribution is -2.49. The molecule has 0 radical (unpaired) electrons. The molecule has 11 heteroatoms. The Kier molecular flexibility index (Phi) is 7.80. The summed E-state index contributed by atoms with van der Waals surface area (Å²) in [7, 11) is 0. The Morgan fingerprint density at radius 2 is 1.87 bits per heavy atom. The molecule has 5 heterocycles. The van der Waals surface area contributed by atoms with Crippen molar-refractivity contribution in [2.75, 3.05) is 24.6 Å². The van der Waals surface area contributed by atoms with E-state index in [1.165, 1.54) is 11.1 Å². The molecule has 0 saturated carbocycles. The monoisotopic (exact) mass is 671 g/mol. The van der Waals surface area contributed by atoms with E-state index in [0.717, 1.165) is 97.5 Å². The van der Waals surface area contributed by atoms with Crippen molar-refractivity contribution in [3.05, 3.63) is 76.8 Å². The highest BCUT2D eigenvalue weighted by Gasteiger charge is 2.50. The number of aromatic nitrogens is 5. The molecule has 1 unspecified atom stereocenters. The number of benzene rings is 2. The topological polar surface area (TPSA) is 95.6 Å². The number of fused-ring (bicyclic) bond motifs is 3. The molecule has 2 aliphatic heterocycles. The van der Waals surface area contributed by atoms with Crippen LogP contribution < -0.4 is 9.62 Å². The number of rotatable bonds is 5. The molecule has 3 aromatic heterocycles. The van der Waals surface area contributed by atoms with E-state index in [-0.39, 0.29) is 22.4 Å². The Bertz CT molecular complexity index is 1950. The first-order valence-electron chi connectivity index (χ1n) is 16.8. The Hall–Kier alpha value is -3.15. The van der Waals surface area contributed by atoms with Gasteiger partial charge >= 0.3 is 0 Å². The molecular formula is C36H42ClN7O2S. The first-order chi connectivity index (χ1) is 22.6. The Labute approximate surface area is 284 Å². The third-order valence-electron chi connectivity index (χ3n) is 10.5. The maximum absolute atomic E-state index is 13.3. The fourth-order valence-corrected chi connectivity index (χ4v) is 9.25. The highest BCUT2D eigenvalue weighted by molar-refractivity contribution is 7.90. The van der Waals surface area contributed by atoms with Crippen molar-refractivity contribution >= 4 is 45.2 Å². The van der Waals surface area contributed by atoms with Gasteiger partial charge in [-0.25, -0.2) is 14.6 Å². The van der Waals surface area contributed by atoms with Gasteiger partial charge in [0.25, 0.3) is 0 Å². The number of nitrogens with one attached hydrogen (secondary N) is 1. The average molecular weight is 672 g/mol. The normalized spacial score (nSPS) is 22.0. The van der Waals surface area contributed by atoms with Gasteiger partial charge in [0.1, 0.15) is 16.1 Å². The van der Waals surface area contributed by atoms with Crippen LogP contribution in [0.2, 0.25) is 5.02 Å².